The SMILES string of the molecule is COc1nccnc1C1(C(=O)N[C@@H](CCN(CCCCc2ccc3c(n2)NCCC3)C[C@@H](CF)OC)C(=O)O)CC1. The number of pyridine rings is 1. The zero-order chi connectivity index (χ0) is 29.2. The summed E-state index contributed by atoms with van der Waals surface area (Å²) in [4.78, 5) is 40.6. The maximum absolute atomic E-state index is 13.5. The highest BCUT2D eigenvalue weighted by Crippen LogP contribution is 2.50. The molecule has 2 aromatic heterocycles. The summed E-state index contributed by atoms with van der Waals surface area (Å²) in [6, 6.07) is 3.12. The van der Waals surface area contributed by atoms with Crippen LogP contribution < -0.4 is 15.4 Å². The lowest BCUT2D eigenvalue weighted by atomic mass is 10.00. The second kappa shape index (κ2) is 14.5. The Kier molecular flexibility index (Phi) is 10.8. The van der Waals surface area contributed by atoms with Crippen LogP contribution in [-0.4, -0.2) is 96.1 Å². The molecule has 2 aromatic rings. The van der Waals surface area contributed by atoms with Crippen LogP contribution in [0.2, 0.25) is 0 Å². The highest BCUT2D eigenvalue weighted by atomic mass is 19.1. The number of carbonyl (C=O) groups is 2. The lowest BCUT2D eigenvalue weighted by Crippen LogP contribution is -2.48. The molecule has 1 amide bonds. The molecule has 2 atom stereocenters. The highest BCUT2D eigenvalue weighted by Gasteiger charge is 2.55. The van der Waals surface area contributed by atoms with Crippen molar-refractivity contribution in [2.75, 3.05) is 52.4 Å². The molecule has 0 saturated heterocycles. The number of anilines is 1. The number of carbonyl (C=O) groups excluding carboxylic acids is 1. The molecule has 3 N–H and O–H groups in total. The predicted octanol–water partition coefficient (Wildman–Crippen LogP) is 2.54. The van der Waals surface area contributed by atoms with Gasteiger partial charge in [-0.25, -0.2) is 19.2 Å². The van der Waals surface area contributed by atoms with E-state index in [1.807, 2.05) is 4.90 Å². The van der Waals surface area contributed by atoms with Crippen molar-refractivity contribution < 1.29 is 28.6 Å². The van der Waals surface area contributed by atoms with E-state index >= 15 is 0 Å². The number of fused-ring (bicyclic) bond motifs is 1. The summed E-state index contributed by atoms with van der Waals surface area (Å²) in [5.74, 6) is -0.285. The number of aromatic nitrogens is 3. The van der Waals surface area contributed by atoms with E-state index in [1.54, 1.807) is 0 Å². The number of amides is 1. The lowest BCUT2D eigenvalue weighted by Gasteiger charge is -2.27. The summed E-state index contributed by atoms with van der Waals surface area (Å²) >= 11 is 0. The topological polar surface area (TPSA) is 139 Å². The molecule has 1 fully saturated rings. The van der Waals surface area contributed by atoms with Crippen molar-refractivity contribution in [1.29, 1.82) is 0 Å². The number of methoxy groups -OCH3 is 2. The van der Waals surface area contributed by atoms with Crippen molar-refractivity contribution in [3.8, 4) is 5.88 Å². The fourth-order valence-corrected chi connectivity index (χ4v) is 5.28. The van der Waals surface area contributed by atoms with E-state index in [0.717, 1.165) is 50.2 Å². The van der Waals surface area contributed by atoms with Gasteiger partial charge in [0.1, 0.15) is 24.2 Å². The number of halogens is 1. The highest BCUT2D eigenvalue weighted by molar-refractivity contribution is 5.94. The summed E-state index contributed by atoms with van der Waals surface area (Å²) in [6.07, 6.45) is 8.30. The number of carboxylic acid groups (broad SMARTS) is 1. The van der Waals surface area contributed by atoms with Gasteiger partial charge in [0.2, 0.25) is 11.8 Å². The molecule has 0 aromatic carbocycles. The van der Waals surface area contributed by atoms with Gasteiger partial charge in [-0.05, 0) is 69.5 Å². The third-order valence-electron chi connectivity index (χ3n) is 7.91. The van der Waals surface area contributed by atoms with Crippen LogP contribution in [0.25, 0.3) is 0 Å². The van der Waals surface area contributed by atoms with E-state index in [-0.39, 0.29) is 12.3 Å². The summed E-state index contributed by atoms with van der Waals surface area (Å²) in [6.45, 7) is 1.64. The average molecular weight is 573 g/mol. The van der Waals surface area contributed by atoms with Crippen molar-refractivity contribution in [2.24, 2.45) is 0 Å². The van der Waals surface area contributed by atoms with E-state index in [1.165, 1.54) is 32.2 Å². The number of ether oxygens (including phenoxy) is 2. The molecular weight excluding hydrogens is 531 g/mol. The molecule has 1 aliphatic carbocycles. The van der Waals surface area contributed by atoms with Gasteiger partial charge in [0, 0.05) is 44.8 Å². The predicted molar refractivity (Wildman–Crippen MR) is 151 cm³/mol. The molecule has 11 nitrogen and oxygen atoms in total. The monoisotopic (exact) mass is 572 g/mol. The molecule has 1 saturated carbocycles. The largest absolute Gasteiger partial charge is 0.480 e. The van der Waals surface area contributed by atoms with E-state index in [2.05, 4.69) is 32.7 Å². The maximum atomic E-state index is 13.5. The maximum Gasteiger partial charge on any atom is 0.326 e. The number of aryl methyl sites for hydroxylation is 2. The Morgan fingerprint density at radius 3 is 2.71 bits per heavy atom. The molecule has 41 heavy (non-hydrogen) atoms. The number of unbranched alkanes of at least 4 members (excludes halogenated alkanes) is 1. The molecule has 1 aliphatic heterocycles. The molecule has 2 aliphatic rings. The third kappa shape index (κ3) is 7.88. The van der Waals surface area contributed by atoms with E-state index < -0.39 is 36.1 Å². The second-order valence-electron chi connectivity index (χ2n) is 10.8. The van der Waals surface area contributed by atoms with E-state index in [0.29, 0.717) is 38.2 Å². The first-order chi connectivity index (χ1) is 19.9. The Hall–Kier alpha value is -3.38. The van der Waals surface area contributed by atoms with Crippen molar-refractivity contribution in [3.63, 3.8) is 0 Å². The van der Waals surface area contributed by atoms with Crippen LogP contribution in [0.3, 0.4) is 0 Å². The smallest absolute Gasteiger partial charge is 0.326 e. The number of aliphatic carboxylic acids is 1. The Morgan fingerprint density at radius 1 is 1.20 bits per heavy atom. The third-order valence-corrected chi connectivity index (χ3v) is 7.91. The normalized spacial score (nSPS) is 16.8. The number of nitrogens with zero attached hydrogens (tertiary/aromatic N) is 4. The van der Waals surface area contributed by atoms with Crippen LogP contribution in [0.15, 0.2) is 24.5 Å². The molecule has 224 valence electrons. The van der Waals surface area contributed by atoms with Gasteiger partial charge in [-0.1, -0.05) is 6.07 Å². The van der Waals surface area contributed by atoms with Gasteiger partial charge in [0.25, 0.3) is 0 Å². The molecule has 0 radical (unpaired) electrons. The number of rotatable bonds is 17. The van der Waals surface area contributed by atoms with Crippen LogP contribution in [0.1, 0.15) is 55.5 Å². The minimum absolute atomic E-state index is 0.162. The molecule has 3 heterocycles. The Bertz CT molecular complexity index is 1180. The van der Waals surface area contributed by atoms with Gasteiger partial charge in [0.05, 0.1) is 18.6 Å². The van der Waals surface area contributed by atoms with Gasteiger partial charge in [-0.15, -0.1) is 0 Å². The summed E-state index contributed by atoms with van der Waals surface area (Å²) in [7, 11) is 2.93. The van der Waals surface area contributed by atoms with Crippen LogP contribution in [0.4, 0.5) is 10.2 Å². The zero-order valence-electron chi connectivity index (χ0n) is 23.9. The van der Waals surface area contributed by atoms with Crippen LogP contribution >= 0.6 is 0 Å². The lowest BCUT2D eigenvalue weighted by molar-refractivity contribution is -0.142. The average Bonchev–Trinajstić information content (AvgIpc) is 3.81. The first-order valence-electron chi connectivity index (χ1n) is 14.3. The van der Waals surface area contributed by atoms with Gasteiger partial charge in [-0.2, -0.15) is 0 Å². The van der Waals surface area contributed by atoms with Crippen molar-refractivity contribution in [3.05, 3.63) is 41.5 Å². The second-order valence-corrected chi connectivity index (χ2v) is 10.8. The van der Waals surface area contributed by atoms with Crippen LogP contribution in [0, 0.1) is 0 Å². The molecule has 0 bridgehead atoms. The van der Waals surface area contributed by atoms with E-state index in [4.69, 9.17) is 14.5 Å². The number of carboxylic acids is 1. The zero-order valence-corrected chi connectivity index (χ0v) is 23.9. The number of nitrogens with one attached hydrogen (secondary N) is 2. The standard InChI is InChI=1S/C29H41FN6O5/c1-40-22(18-30)19-36(16-4-3-7-21-9-8-20-6-5-13-32-25(20)34-21)17-10-23(27(37)38)35-28(39)29(11-12-29)24-26(41-2)33-15-14-31-24/h8-9,14-15,22-23H,3-7,10-13,16-19H2,1-2H3,(H,32,34)(H,35,39)(H,37,38)/t22-,23+/m1/s1. The quantitative estimate of drug-likeness (QED) is 0.242. The van der Waals surface area contributed by atoms with Gasteiger partial charge >= 0.3 is 5.97 Å². The van der Waals surface area contributed by atoms with Crippen LogP contribution in [-0.2, 0) is 32.6 Å². The number of hydrogen-bond donors (Lipinski definition) is 3. The molecule has 4 rings (SSSR count). The minimum atomic E-state index is -1.12. The van der Waals surface area contributed by atoms with E-state index in [9.17, 15) is 19.1 Å². The molecular formula is C29H41FN6O5. The summed E-state index contributed by atoms with van der Waals surface area (Å²) < 4.78 is 24.0. The van der Waals surface area contributed by atoms with Crippen molar-refractivity contribution >= 4 is 17.7 Å². The van der Waals surface area contributed by atoms with Crippen molar-refractivity contribution in [2.45, 2.75) is 68.9 Å². The van der Waals surface area contributed by atoms with Gasteiger partial charge in [0.15, 0.2) is 0 Å². The van der Waals surface area contributed by atoms with Crippen molar-refractivity contribution in [1.82, 2.24) is 25.2 Å². The van der Waals surface area contributed by atoms with Gasteiger partial charge in [-0.3, -0.25) is 9.78 Å². The fourth-order valence-electron chi connectivity index (χ4n) is 5.28. The van der Waals surface area contributed by atoms with Gasteiger partial charge < -0.3 is 30.1 Å². The Labute approximate surface area is 240 Å². The molecule has 12 heteroatoms. The Balaban J connectivity index is 1.33. The van der Waals surface area contributed by atoms with Crippen LogP contribution in [0.5, 0.6) is 5.88 Å². The molecule has 0 spiro atoms. The molecule has 0 unspecified atom stereocenters. The number of hydrogen-bond acceptors (Lipinski definition) is 9. The fraction of sp³-hybridized carbons (Fsp3) is 0.621. The summed E-state index contributed by atoms with van der Waals surface area (Å²) in [5.41, 5.74) is 1.76. The number of alkyl halides is 1. The summed E-state index contributed by atoms with van der Waals surface area (Å²) in [5, 5.41) is 16.0. The minimum Gasteiger partial charge on any atom is -0.480 e. The first-order valence-corrected chi connectivity index (χ1v) is 14.3. The first kappa shape index (κ1) is 30.6. The Morgan fingerprint density at radius 2 is 2.00 bits per heavy atom.